The van der Waals surface area contributed by atoms with E-state index in [2.05, 4.69) is 11.8 Å². The van der Waals surface area contributed by atoms with Gasteiger partial charge in [0.15, 0.2) is 0 Å². The molecule has 1 saturated carbocycles. The normalized spacial score (nSPS) is 29.7. The lowest BCUT2D eigenvalue weighted by atomic mass is 9.94. The predicted octanol–water partition coefficient (Wildman–Crippen LogP) is 2.04. The molecular formula is C19H25FN2O2. The molecule has 0 spiro atoms. The van der Waals surface area contributed by atoms with Crippen LogP contribution >= 0.6 is 0 Å². The van der Waals surface area contributed by atoms with Crippen molar-refractivity contribution in [3.63, 3.8) is 0 Å². The maximum Gasteiger partial charge on any atom is 0.233 e. The van der Waals surface area contributed by atoms with Crippen LogP contribution in [-0.4, -0.2) is 61.1 Å². The Morgan fingerprint density at radius 1 is 1.25 bits per heavy atom. The van der Waals surface area contributed by atoms with Gasteiger partial charge in [0.2, 0.25) is 5.91 Å². The highest BCUT2D eigenvalue weighted by molar-refractivity contribution is 5.91. The topological polar surface area (TPSA) is 32.8 Å². The summed E-state index contributed by atoms with van der Waals surface area (Å²) in [6.45, 7) is 7.29. The standard InChI is InChI=1S/C19H25FN2O2/c1-14-12-22(13-17(14)21-7-9-24-10-8-21)18(23)19(5-6-19)15-3-2-4-16(20)11-15/h2-4,11,14,17H,5-10,12-13H2,1H3/t14-,17-/m0/s1. The van der Waals surface area contributed by atoms with Crippen LogP contribution in [-0.2, 0) is 14.9 Å². The molecule has 0 unspecified atom stereocenters. The molecule has 0 N–H and O–H groups in total. The van der Waals surface area contributed by atoms with Crippen LogP contribution in [0.25, 0.3) is 0 Å². The molecule has 2 saturated heterocycles. The molecule has 3 aliphatic rings. The number of rotatable bonds is 3. The Morgan fingerprint density at radius 2 is 2.00 bits per heavy atom. The van der Waals surface area contributed by atoms with E-state index >= 15 is 0 Å². The van der Waals surface area contributed by atoms with Crippen LogP contribution in [0.3, 0.4) is 0 Å². The number of carbonyl (C=O) groups is 1. The predicted molar refractivity (Wildman–Crippen MR) is 89.2 cm³/mol. The zero-order valence-electron chi connectivity index (χ0n) is 14.2. The second-order valence-corrected chi connectivity index (χ2v) is 7.50. The highest BCUT2D eigenvalue weighted by atomic mass is 19.1. The van der Waals surface area contributed by atoms with E-state index in [0.717, 1.165) is 57.8 Å². The van der Waals surface area contributed by atoms with Gasteiger partial charge in [-0.25, -0.2) is 4.39 Å². The van der Waals surface area contributed by atoms with E-state index in [-0.39, 0.29) is 11.7 Å². The Hall–Kier alpha value is -1.46. The lowest BCUT2D eigenvalue weighted by molar-refractivity contribution is -0.133. The molecule has 3 fully saturated rings. The molecule has 2 atom stereocenters. The average molecular weight is 332 g/mol. The molecule has 130 valence electrons. The van der Waals surface area contributed by atoms with Crippen LogP contribution in [0, 0.1) is 11.7 Å². The van der Waals surface area contributed by atoms with E-state index in [1.807, 2.05) is 11.0 Å². The number of amides is 1. The Labute approximate surface area is 142 Å². The minimum absolute atomic E-state index is 0.190. The van der Waals surface area contributed by atoms with Crippen molar-refractivity contribution in [1.82, 2.24) is 9.80 Å². The van der Waals surface area contributed by atoms with E-state index in [4.69, 9.17) is 4.74 Å². The summed E-state index contributed by atoms with van der Waals surface area (Å²) >= 11 is 0. The first-order valence-corrected chi connectivity index (χ1v) is 8.97. The molecule has 1 aromatic carbocycles. The first-order valence-electron chi connectivity index (χ1n) is 8.97. The fourth-order valence-electron chi connectivity index (χ4n) is 4.34. The number of hydrogen-bond acceptors (Lipinski definition) is 3. The monoisotopic (exact) mass is 332 g/mol. The third-order valence-corrected chi connectivity index (χ3v) is 5.91. The van der Waals surface area contributed by atoms with Gasteiger partial charge < -0.3 is 9.64 Å². The van der Waals surface area contributed by atoms with Gasteiger partial charge >= 0.3 is 0 Å². The maximum absolute atomic E-state index is 13.6. The van der Waals surface area contributed by atoms with Gasteiger partial charge in [0, 0.05) is 32.2 Å². The summed E-state index contributed by atoms with van der Waals surface area (Å²) in [5, 5.41) is 0. The summed E-state index contributed by atoms with van der Waals surface area (Å²) in [7, 11) is 0. The zero-order chi connectivity index (χ0) is 16.7. The highest BCUT2D eigenvalue weighted by Crippen LogP contribution is 2.50. The Kier molecular flexibility index (Phi) is 4.09. The number of hydrogen-bond donors (Lipinski definition) is 0. The van der Waals surface area contributed by atoms with Gasteiger partial charge in [-0.3, -0.25) is 9.69 Å². The van der Waals surface area contributed by atoms with Crippen LogP contribution in [0.15, 0.2) is 24.3 Å². The van der Waals surface area contributed by atoms with Crippen molar-refractivity contribution in [3.8, 4) is 0 Å². The smallest absolute Gasteiger partial charge is 0.233 e. The number of morpholine rings is 1. The summed E-state index contributed by atoms with van der Waals surface area (Å²) in [5.41, 5.74) is 0.372. The van der Waals surface area contributed by atoms with Gasteiger partial charge in [-0.2, -0.15) is 0 Å². The number of carbonyl (C=O) groups excluding carboxylic acids is 1. The Bertz CT molecular complexity index is 626. The molecule has 2 aliphatic heterocycles. The molecule has 1 aromatic rings. The lowest BCUT2D eigenvalue weighted by Crippen LogP contribution is -2.47. The van der Waals surface area contributed by atoms with Gasteiger partial charge in [-0.1, -0.05) is 19.1 Å². The van der Waals surface area contributed by atoms with Gasteiger partial charge in [0.05, 0.1) is 18.6 Å². The maximum atomic E-state index is 13.6. The Morgan fingerprint density at radius 3 is 2.67 bits per heavy atom. The van der Waals surface area contributed by atoms with Crippen molar-refractivity contribution in [1.29, 1.82) is 0 Å². The van der Waals surface area contributed by atoms with Gasteiger partial charge in [0.1, 0.15) is 5.82 Å². The molecule has 24 heavy (non-hydrogen) atoms. The van der Waals surface area contributed by atoms with E-state index < -0.39 is 5.41 Å². The van der Waals surface area contributed by atoms with Crippen molar-refractivity contribution in [3.05, 3.63) is 35.6 Å². The van der Waals surface area contributed by atoms with E-state index in [1.54, 1.807) is 6.07 Å². The minimum atomic E-state index is -0.471. The lowest BCUT2D eigenvalue weighted by Gasteiger charge is -2.34. The first kappa shape index (κ1) is 16.0. The number of benzene rings is 1. The summed E-state index contributed by atoms with van der Waals surface area (Å²) < 4.78 is 19.0. The van der Waals surface area contributed by atoms with E-state index in [0.29, 0.717) is 12.0 Å². The molecule has 5 heteroatoms. The number of likely N-dealkylation sites (tertiary alicyclic amines) is 1. The molecule has 0 radical (unpaired) electrons. The molecule has 0 aromatic heterocycles. The Balaban J connectivity index is 1.49. The van der Waals surface area contributed by atoms with Crippen molar-refractivity contribution in [2.24, 2.45) is 5.92 Å². The van der Waals surface area contributed by atoms with Gasteiger partial charge in [0.25, 0.3) is 0 Å². The zero-order valence-corrected chi connectivity index (χ0v) is 14.2. The molecular weight excluding hydrogens is 307 g/mol. The number of halogens is 1. The second-order valence-electron chi connectivity index (χ2n) is 7.50. The van der Waals surface area contributed by atoms with Crippen molar-refractivity contribution in [2.45, 2.75) is 31.2 Å². The molecule has 1 aliphatic carbocycles. The van der Waals surface area contributed by atoms with E-state index in [1.165, 1.54) is 12.1 Å². The van der Waals surface area contributed by atoms with Gasteiger partial charge in [-0.15, -0.1) is 0 Å². The average Bonchev–Trinajstić information content (AvgIpc) is 3.32. The second kappa shape index (κ2) is 6.12. The number of ether oxygens (including phenoxy) is 1. The molecule has 2 heterocycles. The highest BCUT2D eigenvalue weighted by Gasteiger charge is 2.54. The quantitative estimate of drug-likeness (QED) is 0.849. The van der Waals surface area contributed by atoms with Crippen LogP contribution < -0.4 is 0 Å². The first-order chi connectivity index (χ1) is 11.6. The summed E-state index contributed by atoms with van der Waals surface area (Å²) in [6.07, 6.45) is 1.67. The minimum Gasteiger partial charge on any atom is -0.379 e. The molecule has 4 nitrogen and oxygen atoms in total. The SMILES string of the molecule is C[C@H]1CN(C(=O)C2(c3cccc(F)c3)CC2)C[C@@H]1N1CCOCC1. The molecule has 4 rings (SSSR count). The fraction of sp³-hybridized carbons (Fsp3) is 0.632. The number of nitrogens with zero attached hydrogens (tertiary/aromatic N) is 2. The van der Waals surface area contributed by atoms with Gasteiger partial charge in [-0.05, 0) is 36.5 Å². The summed E-state index contributed by atoms with van der Waals surface area (Å²) in [4.78, 5) is 17.7. The van der Waals surface area contributed by atoms with Crippen LogP contribution in [0.2, 0.25) is 0 Å². The largest absolute Gasteiger partial charge is 0.379 e. The van der Waals surface area contributed by atoms with E-state index in [9.17, 15) is 9.18 Å². The van der Waals surface area contributed by atoms with Crippen molar-refractivity contribution >= 4 is 5.91 Å². The third-order valence-electron chi connectivity index (χ3n) is 5.91. The molecule has 1 amide bonds. The van der Waals surface area contributed by atoms with Crippen LogP contribution in [0.1, 0.15) is 25.3 Å². The van der Waals surface area contributed by atoms with Crippen LogP contribution in [0.4, 0.5) is 4.39 Å². The molecule has 0 bridgehead atoms. The summed E-state index contributed by atoms with van der Waals surface area (Å²) in [6, 6.07) is 7.00. The third kappa shape index (κ3) is 2.74. The fourth-order valence-corrected chi connectivity index (χ4v) is 4.34. The van der Waals surface area contributed by atoms with Crippen molar-refractivity contribution < 1.29 is 13.9 Å². The van der Waals surface area contributed by atoms with Crippen molar-refractivity contribution in [2.75, 3.05) is 39.4 Å². The van der Waals surface area contributed by atoms with Crippen LogP contribution in [0.5, 0.6) is 0 Å². The summed E-state index contributed by atoms with van der Waals surface area (Å²) in [5.74, 6) is 0.402.